The number of carbonyl (C=O) groups is 5. The van der Waals surface area contributed by atoms with E-state index in [1.54, 1.807) is 41.5 Å². The summed E-state index contributed by atoms with van der Waals surface area (Å²) >= 11 is 0. The predicted molar refractivity (Wildman–Crippen MR) is 211 cm³/mol. The van der Waals surface area contributed by atoms with Gasteiger partial charge in [0.15, 0.2) is 17.7 Å². The minimum Gasteiger partial charge on any atom is -0.458 e. The third kappa shape index (κ3) is 10.6. The van der Waals surface area contributed by atoms with E-state index < -0.39 is 101 Å². The maximum Gasteiger partial charge on any atom is 0.416 e. The molecular weight excluding hydrogens is 795 g/mol. The van der Waals surface area contributed by atoms with E-state index in [0.717, 1.165) is 24.3 Å². The van der Waals surface area contributed by atoms with Crippen molar-refractivity contribution in [3.63, 3.8) is 0 Å². The highest BCUT2D eigenvalue weighted by molar-refractivity contribution is 6.00. The fourth-order valence-electron chi connectivity index (χ4n) is 9.01. The highest BCUT2D eigenvalue weighted by Crippen LogP contribution is 2.43. The van der Waals surface area contributed by atoms with E-state index in [1.807, 2.05) is 25.9 Å². The molecule has 3 heterocycles. The molecule has 0 unspecified atom stereocenters. The number of Topliss-reactive ketones (excluding diaryl/α,β-unsaturated/α-hetero) is 2. The van der Waals surface area contributed by atoms with Gasteiger partial charge < -0.3 is 43.3 Å². The summed E-state index contributed by atoms with van der Waals surface area (Å²) in [6.45, 7) is 13.0. The van der Waals surface area contributed by atoms with Crippen LogP contribution in [-0.4, -0.2) is 133 Å². The van der Waals surface area contributed by atoms with Crippen molar-refractivity contribution in [2.45, 2.75) is 141 Å². The molecule has 60 heavy (non-hydrogen) atoms. The summed E-state index contributed by atoms with van der Waals surface area (Å²) in [6.07, 6.45) is -10.3. The predicted octanol–water partition coefficient (Wildman–Crippen LogP) is 5.85. The largest absolute Gasteiger partial charge is 0.458 e. The third-order valence-electron chi connectivity index (χ3n) is 12.4. The summed E-state index contributed by atoms with van der Waals surface area (Å²) in [5.41, 5.74) is -3.73. The second-order valence-corrected chi connectivity index (χ2v) is 17.1. The Hall–Kier alpha value is -3.84. The molecule has 0 aliphatic carbocycles. The second kappa shape index (κ2) is 19.5. The van der Waals surface area contributed by atoms with Crippen LogP contribution in [0.2, 0.25) is 0 Å². The lowest BCUT2D eigenvalue weighted by Crippen LogP contribution is -2.60. The lowest BCUT2D eigenvalue weighted by molar-refractivity contribution is -0.295. The number of ether oxygens (including phenoxy) is 6. The normalized spacial score (nSPS) is 36.0. The summed E-state index contributed by atoms with van der Waals surface area (Å²) in [5.74, 6) is -5.71. The first kappa shape index (κ1) is 48.8. The van der Waals surface area contributed by atoms with E-state index >= 15 is 0 Å². The minimum absolute atomic E-state index is 0.0284. The average molecular weight is 858 g/mol. The Kier molecular flexibility index (Phi) is 15.8. The second-order valence-electron chi connectivity index (χ2n) is 17.1. The average Bonchev–Trinajstić information content (AvgIpc) is 3.45. The Bertz CT molecular complexity index is 1700. The number of cyclic esters (lactones) is 1. The number of nitrogens with one attached hydrogen (secondary N) is 1. The molecule has 2 N–H and O–H groups in total. The van der Waals surface area contributed by atoms with Crippen molar-refractivity contribution in [1.82, 2.24) is 9.80 Å². The Morgan fingerprint density at radius 1 is 1.02 bits per heavy atom. The molecule has 3 saturated heterocycles. The van der Waals surface area contributed by atoms with E-state index in [-0.39, 0.29) is 56.0 Å². The van der Waals surface area contributed by atoms with E-state index in [4.69, 9.17) is 28.4 Å². The molecule has 15 nitrogen and oxygen atoms in total. The molecule has 0 bridgehead atoms. The molecule has 0 spiro atoms. The number of aliphatic hydroxyl groups excluding tert-OH is 1. The first-order chi connectivity index (χ1) is 27.9. The number of likely N-dealkylation sites (N-methyl/N-ethyl adjacent to an activating group) is 1. The Morgan fingerprint density at radius 3 is 2.22 bits per heavy atom. The number of halogens is 3. The molecule has 1 aromatic carbocycles. The van der Waals surface area contributed by atoms with Crippen molar-refractivity contribution < 1.29 is 70.7 Å². The van der Waals surface area contributed by atoms with E-state index in [2.05, 4.69) is 5.32 Å². The molecular formula is C42H62F3N3O12. The molecule has 338 valence electrons. The van der Waals surface area contributed by atoms with Crippen LogP contribution in [0.4, 0.5) is 28.4 Å². The van der Waals surface area contributed by atoms with Gasteiger partial charge in [0.1, 0.15) is 23.9 Å². The van der Waals surface area contributed by atoms with Crippen molar-refractivity contribution in [2.24, 2.45) is 23.7 Å². The monoisotopic (exact) mass is 857 g/mol. The van der Waals surface area contributed by atoms with Crippen molar-refractivity contribution in [3.05, 3.63) is 29.8 Å². The van der Waals surface area contributed by atoms with Crippen LogP contribution in [0.15, 0.2) is 24.3 Å². The smallest absolute Gasteiger partial charge is 0.416 e. The van der Waals surface area contributed by atoms with Crippen molar-refractivity contribution >= 4 is 35.4 Å². The van der Waals surface area contributed by atoms with Gasteiger partial charge in [-0.3, -0.25) is 19.7 Å². The third-order valence-corrected chi connectivity index (χ3v) is 12.4. The molecule has 3 fully saturated rings. The number of benzene rings is 1. The summed E-state index contributed by atoms with van der Waals surface area (Å²) in [4.78, 5) is 72.2. The molecule has 18 heteroatoms. The molecule has 4 rings (SSSR count). The van der Waals surface area contributed by atoms with Crippen LogP contribution >= 0.6 is 0 Å². The molecule has 0 saturated carbocycles. The highest BCUT2D eigenvalue weighted by Gasteiger charge is 2.60. The van der Waals surface area contributed by atoms with Crippen LogP contribution in [0.1, 0.15) is 86.6 Å². The van der Waals surface area contributed by atoms with Crippen molar-refractivity contribution in [2.75, 3.05) is 39.7 Å². The van der Waals surface area contributed by atoms with Crippen LogP contribution in [0.25, 0.3) is 0 Å². The van der Waals surface area contributed by atoms with Crippen molar-refractivity contribution in [3.8, 4) is 0 Å². The minimum atomic E-state index is -4.54. The number of carbonyl (C=O) groups excluding carboxylic acids is 5. The summed E-state index contributed by atoms with van der Waals surface area (Å²) in [6, 6.07) is 2.49. The number of anilines is 1. The number of fused-ring (bicyclic) bond motifs is 1. The zero-order chi connectivity index (χ0) is 45.1. The van der Waals surface area contributed by atoms with E-state index in [1.165, 1.54) is 18.9 Å². The van der Waals surface area contributed by atoms with Gasteiger partial charge in [-0.05, 0) is 91.7 Å². The number of ketones is 2. The molecule has 1 aromatic rings. The SMILES string of the molecule is CC[C@H]1OC(=O)[C@H](C)C(=O)[C@H](C)[C@@H](O[C@@H]2O[C@H](C)C[C@H](N(C)C)[C@H]2O)[C@](C)(OC)C[C@@H](C)C(=O)[C@H](C)[C@H]2N(CCCOC(=O)Nc3ccc(C(F)(F)F)cc3)C(=O)O[C@]12C. The molecule has 0 aromatic heterocycles. The van der Waals surface area contributed by atoms with Gasteiger partial charge in [0, 0.05) is 43.1 Å². The Labute approximate surface area is 349 Å². The summed E-state index contributed by atoms with van der Waals surface area (Å²) in [7, 11) is 5.09. The maximum atomic E-state index is 14.6. The number of alkyl halides is 3. The van der Waals surface area contributed by atoms with Gasteiger partial charge in [-0.1, -0.05) is 27.7 Å². The maximum absolute atomic E-state index is 14.6. The first-order valence-corrected chi connectivity index (χ1v) is 20.5. The number of aliphatic hydroxyl groups is 1. The zero-order valence-corrected chi connectivity index (χ0v) is 36.4. The van der Waals surface area contributed by atoms with Gasteiger partial charge in [0.05, 0.1) is 36.0 Å². The lowest BCUT2D eigenvalue weighted by Gasteiger charge is -2.47. The first-order valence-electron chi connectivity index (χ1n) is 20.5. The number of hydrogen-bond acceptors (Lipinski definition) is 13. The molecule has 3 aliphatic heterocycles. The van der Waals surface area contributed by atoms with Gasteiger partial charge in [-0.25, -0.2) is 9.59 Å². The van der Waals surface area contributed by atoms with Gasteiger partial charge >= 0.3 is 24.3 Å². The summed E-state index contributed by atoms with van der Waals surface area (Å²) in [5, 5.41) is 13.8. The number of methoxy groups -OCH3 is 1. The van der Waals surface area contributed by atoms with Gasteiger partial charge in [-0.15, -0.1) is 0 Å². The van der Waals surface area contributed by atoms with Crippen LogP contribution in [0.3, 0.4) is 0 Å². The highest BCUT2D eigenvalue weighted by atomic mass is 19.4. The number of nitrogens with zero attached hydrogens (tertiary/aromatic N) is 2. The fourth-order valence-corrected chi connectivity index (χ4v) is 9.01. The topological polar surface area (TPSA) is 179 Å². The standard InChI is InChI=1S/C42H62F3N3O12/c1-12-30-41(8)34(48(39(54)60-41)18-13-19-56-38(53)46-28-16-14-27(15-17-28)42(43,44)45)24(4)31(49)22(2)21-40(7,55-11)35(25(5)32(50)26(6)36(52)58-30)59-37-33(51)29(47(9)10)20-23(3)57-37/h14-17,22-26,29-30,33-35,37,51H,12-13,18-21H2,1-11H3,(H,46,53)/t22-,23-,24+,25+,26-,29+,30-,33-,34-,35-,37+,40-,41-/m1/s1. The number of rotatable bonds is 10. The van der Waals surface area contributed by atoms with E-state index in [9.17, 15) is 42.3 Å². The van der Waals surface area contributed by atoms with Crippen LogP contribution in [-0.2, 0) is 49.0 Å². The molecule has 0 radical (unpaired) electrons. The van der Waals surface area contributed by atoms with Crippen LogP contribution in [0.5, 0.6) is 0 Å². The zero-order valence-electron chi connectivity index (χ0n) is 36.4. The molecule has 3 aliphatic rings. The Balaban J connectivity index is 1.62. The van der Waals surface area contributed by atoms with Gasteiger partial charge in [-0.2, -0.15) is 13.2 Å². The van der Waals surface area contributed by atoms with Gasteiger partial charge in [0.2, 0.25) is 0 Å². The summed E-state index contributed by atoms with van der Waals surface area (Å²) < 4.78 is 74.8. The van der Waals surface area contributed by atoms with E-state index in [0.29, 0.717) is 6.42 Å². The number of esters is 1. The lowest BCUT2D eigenvalue weighted by atomic mass is 9.73. The van der Waals surface area contributed by atoms with Crippen molar-refractivity contribution in [1.29, 1.82) is 0 Å². The van der Waals surface area contributed by atoms with Gasteiger partial charge in [0.25, 0.3) is 0 Å². The van der Waals surface area contributed by atoms with Crippen LogP contribution < -0.4 is 5.32 Å². The fraction of sp³-hybridized carbons (Fsp3) is 0.738. The molecule has 2 amide bonds. The Morgan fingerprint density at radius 2 is 1.65 bits per heavy atom. The number of hydrogen-bond donors (Lipinski definition) is 2. The van der Waals surface area contributed by atoms with Crippen LogP contribution in [0, 0.1) is 23.7 Å². The number of amides is 2. The molecule has 13 atom stereocenters. The quantitative estimate of drug-likeness (QED) is 0.124.